The lowest BCUT2D eigenvalue weighted by Crippen LogP contribution is -2.49. The first-order valence-corrected chi connectivity index (χ1v) is 6.85. The molecule has 3 heteroatoms. The molecule has 16 heavy (non-hydrogen) atoms. The quantitative estimate of drug-likeness (QED) is 0.773. The number of hydrogen-bond donors (Lipinski definition) is 1. The van der Waals surface area contributed by atoms with Crippen molar-refractivity contribution in [3.63, 3.8) is 0 Å². The molecular formula is C13H27N3. The third-order valence-electron chi connectivity index (χ3n) is 4.06. The van der Waals surface area contributed by atoms with E-state index in [4.69, 9.17) is 0 Å². The second-order valence-corrected chi connectivity index (χ2v) is 5.74. The van der Waals surface area contributed by atoms with Gasteiger partial charge >= 0.3 is 0 Å². The Morgan fingerprint density at radius 1 is 1.19 bits per heavy atom. The number of nitrogens with zero attached hydrogens (tertiary/aromatic N) is 2. The average Bonchev–Trinajstić information content (AvgIpc) is 2.30. The van der Waals surface area contributed by atoms with E-state index in [0.717, 1.165) is 12.0 Å². The molecule has 1 unspecified atom stereocenters. The predicted molar refractivity (Wildman–Crippen MR) is 68.7 cm³/mol. The van der Waals surface area contributed by atoms with Crippen LogP contribution in [0.2, 0.25) is 0 Å². The van der Waals surface area contributed by atoms with E-state index in [-0.39, 0.29) is 0 Å². The van der Waals surface area contributed by atoms with Crippen molar-refractivity contribution < 1.29 is 0 Å². The van der Waals surface area contributed by atoms with E-state index >= 15 is 0 Å². The van der Waals surface area contributed by atoms with Crippen LogP contribution in [0.15, 0.2) is 0 Å². The summed E-state index contributed by atoms with van der Waals surface area (Å²) in [6, 6.07) is 0.828. The SMILES string of the molecule is CN(C)CC1CCN(C2CCCNC2)CC1. The van der Waals surface area contributed by atoms with Gasteiger partial charge in [-0.1, -0.05) is 0 Å². The summed E-state index contributed by atoms with van der Waals surface area (Å²) in [6.45, 7) is 6.37. The lowest BCUT2D eigenvalue weighted by Gasteiger charge is -2.40. The molecule has 1 atom stereocenters. The molecule has 2 fully saturated rings. The minimum absolute atomic E-state index is 0.828. The van der Waals surface area contributed by atoms with Gasteiger partial charge in [0.2, 0.25) is 0 Å². The maximum Gasteiger partial charge on any atom is 0.0221 e. The molecule has 0 aromatic heterocycles. The van der Waals surface area contributed by atoms with Crippen LogP contribution in [0.3, 0.4) is 0 Å². The lowest BCUT2D eigenvalue weighted by atomic mass is 9.94. The Morgan fingerprint density at radius 3 is 2.50 bits per heavy atom. The maximum absolute atomic E-state index is 3.53. The third kappa shape index (κ3) is 3.44. The fraction of sp³-hybridized carbons (Fsp3) is 1.00. The van der Waals surface area contributed by atoms with E-state index in [2.05, 4.69) is 29.2 Å². The molecule has 2 heterocycles. The molecule has 2 aliphatic heterocycles. The molecule has 2 rings (SSSR count). The monoisotopic (exact) mass is 225 g/mol. The van der Waals surface area contributed by atoms with Crippen LogP contribution in [0.1, 0.15) is 25.7 Å². The topological polar surface area (TPSA) is 18.5 Å². The van der Waals surface area contributed by atoms with Crippen LogP contribution in [0.25, 0.3) is 0 Å². The van der Waals surface area contributed by atoms with Crippen molar-refractivity contribution in [3.8, 4) is 0 Å². The molecule has 2 saturated heterocycles. The summed E-state index contributed by atoms with van der Waals surface area (Å²) in [5.41, 5.74) is 0. The van der Waals surface area contributed by atoms with Crippen molar-refractivity contribution in [1.82, 2.24) is 15.1 Å². The molecule has 1 N–H and O–H groups in total. The van der Waals surface area contributed by atoms with Gasteiger partial charge in [-0.3, -0.25) is 4.90 Å². The molecule has 3 nitrogen and oxygen atoms in total. The fourth-order valence-electron chi connectivity index (χ4n) is 3.16. The summed E-state index contributed by atoms with van der Waals surface area (Å²) in [5, 5.41) is 3.53. The summed E-state index contributed by atoms with van der Waals surface area (Å²) in [4.78, 5) is 5.06. The van der Waals surface area contributed by atoms with Gasteiger partial charge in [0, 0.05) is 19.1 Å². The van der Waals surface area contributed by atoms with E-state index in [0.29, 0.717) is 0 Å². The van der Waals surface area contributed by atoms with Crippen LogP contribution in [0.5, 0.6) is 0 Å². The highest BCUT2D eigenvalue weighted by Crippen LogP contribution is 2.21. The van der Waals surface area contributed by atoms with Gasteiger partial charge in [0.05, 0.1) is 0 Å². The number of piperidine rings is 2. The van der Waals surface area contributed by atoms with Crippen molar-refractivity contribution in [3.05, 3.63) is 0 Å². The van der Waals surface area contributed by atoms with Crippen LogP contribution in [-0.2, 0) is 0 Å². The van der Waals surface area contributed by atoms with Crippen molar-refractivity contribution in [2.75, 3.05) is 46.8 Å². The van der Waals surface area contributed by atoms with Gasteiger partial charge in [0.25, 0.3) is 0 Å². The van der Waals surface area contributed by atoms with Gasteiger partial charge in [-0.25, -0.2) is 0 Å². The molecule has 0 spiro atoms. The smallest absolute Gasteiger partial charge is 0.0221 e. The normalized spacial score (nSPS) is 29.8. The molecule has 0 aromatic rings. The van der Waals surface area contributed by atoms with Crippen LogP contribution in [0, 0.1) is 5.92 Å². The molecule has 0 amide bonds. The number of likely N-dealkylation sites (tertiary alicyclic amines) is 1. The Labute approximate surface area is 100 Å². The maximum atomic E-state index is 3.53. The van der Waals surface area contributed by atoms with E-state index in [9.17, 15) is 0 Å². The highest BCUT2D eigenvalue weighted by molar-refractivity contribution is 4.82. The van der Waals surface area contributed by atoms with Crippen LogP contribution < -0.4 is 5.32 Å². The third-order valence-corrected chi connectivity index (χ3v) is 4.06. The van der Waals surface area contributed by atoms with E-state index in [1.165, 1.54) is 58.4 Å². The van der Waals surface area contributed by atoms with Crippen molar-refractivity contribution in [2.45, 2.75) is 31.7 Å². The first-order chi connectivity index (χ1) is 7.75. The second-order valence-electron chi connectivity index (χ2n) is 5.74. The van der Waals surface area contributed by atoms with E-state index in [1.807, 2.05) is 0 Å². The molecule has 0 aromatic carbocycles. The Hall–Kier alpha value is -0.120. The molecule has 0 aliphatic carbocycles. The molecule has 0 radical (unpaired) electrons. The van der Waals surface area contributed by atoms with Gasteiger partial charge < -0.3 is 10.2 Å². The summed E-state index contributed by atoms with van der Waals surface area (Å²) in [5.74, 6) is 0.933. The van der Waals surface area contributed by atoms with Crippen LogP contribution in [0.4, 0.5) is 0 Å². The predicted octanol–water partition coefficient (Wildman–Crippen LogP) is 1.01. The summed E-state index contributed by atoms with van der Waals surface area (Å²) in [7, 11) is 4.38. The Kier molecular flexibility index (Phi) is 4.62. The summed E-state index contributed by atoms with van der Waals surface area (Å²) < 4.78 is 0. The van der Waals surface area contributed by atoms with Crippen LogP contribution in [-0.4, -0.2) is 62.7 Å². The van der Waals surface area contributed by atoms with E-state index in [1.54, 1.807) is 0 Å². The van der Waals surface area contributed by atoms with Crippen molar-refractivity contribution in [2.24, 2.45) is 5.92 Å². The minimum Gasteiger partial charge on any atom is -0.315 e. The zero-order valence-electron chi connectivity index (χ0n) is 10.9. The van der Waals surface area contributed by atoms with Crippen molar-refractivity contribution in [1.29, 1.82) is 0 Å². The Morgan fingerprint density at radius 2 is 1.94 bits per heavy atom. The van der Waals surface area contributed by atoms with Crippen molar-refractivity contribution >= 4 is 0 Å². The van der Waals surface area contributed by atoms with Gasteiger partial charge in [-0.15, -0.1) is 0 Å². The highest BCUT2D eigenvalue weighted by atomic mass is 15.2. The van der Waals surface area contributed by atoms with Gasteiger partial charge in [-0.2, -0.15) is 0 Å². The van der Waals surface area contributed by atoms with Gasteiger partial charge in [0.15, 0.2) is 0 Å². The summed E-state index contributed by atoms with van der Waals surface area (Å²) >= 11 is 0. The molecule has 2 aliphatic rings. The largest absolute Gasteiger partial charge is 0.315 e. The van der Waals surface area contributed by atoms with Crippen LogP contribution >= 0.6 is 0 Å². The zero-order chi connectivity index (χ0) is 11.4. The second kappa shape index (κ2) is 5.99. The van der Waals surface area contributed by atoms with Gasteiger partial charge in [0.1, 0.15) is 0 Å². The Bertz CT molecular complexity index is 191. The molecule has 0 saturated carbocycles. The number of rotatable bonds is 3. The number of nitrogens with one attached hydrogen (secondary N) is 1. The number of hydrogen-bond acceptors (Lipinski definition) is 3. The fourth-order valence-corrected chi connectivity index (χ4v) is 3.16. The zero-order valence-corrected chi connectivity index (χ0v) is 10.9. The lowest BCUT2D eigenvalue weighted by molar-refractivity contribution is 0.104. The standard InChI is InChI=1S/C13H27N3/c1-15(2)11-12-5-8-16(9-6-12)13-4-3-7-14-10-13/h12-14H,3-11H2,1-2H3. The molecular weight excluding hydrogens is 198 g/mol. The minimum atomic E-state index is 0.828. The average molecular weight is 225 g/mol. The summed E-state index contributed by atoms with van der Waals surface area (Å²) in [6.07, 6.45) is 5.57. The molecule has 94 valence electrons. The Balaban J connectivity index is 1.71. The molecule has 0 bridgehead atoms. The highest BCUT2D eigenvalue weighted by Gasteiger charge is 2.25. The van der Waals surface area contributed by atoms with E-state index < -0.39 is 0 Å². The van der Waals surface area contributed by atoms with Gasteiger partial charge in [-0.05, 0) is 65.3 Å². The first kappa shape index (κ1) is 12.3. The first-order valence-electron chi connectivity index (χ1n) is 6.85.